The number of nitrogens with zero attached hydrogens (tertiary/aromatic N) is 2. The number of carbonyl (C=O) groups is 1. The summed E-state index contributed by atoms with van der Waals surface area (Å²) in [5, 5.41) is 3.95. The Labute approximate surface area is 143 Å². The molecular formula is C15H24ClN3O4. The van der Waals surface area contributed by atoms with Crippen LogP contribution in [0.2, 0.25) is 0 Å². The van der Waals surface area contributed by atoms with Gasteiger partial charge in [0, 0.05) is 5.56 Å². The van der Waals surface area contributed by atoms with Crippen LogP contribution in [0, 0.1) is 0 Å². The van der Waals surface area contributed by atoms with Crippen molar-refractivity contribution >= 4 is 12.1 Å². The van der Waals surface area contributed by atoms with Crippen molar-refractivity contribution in [3.05, 3.63) is 17.7 Å². The summed E-state index contributed by atoms with van der Waals surface area (Å²) in [6, 6.07) is 3.49. The van der Waals surface area contributed by atoms with Crippen molar-refractivity contribution in [1.29, 1.82) is 0 Å². The second kappa shape index (κ2) is 9.22. The van der Waals surface area contributed by atoms with Crippen LogP contribution in [0.3, 0.4) is 0 Å². The zero-order valence-corrected chi connectivity index (χ0v) is 15.1. The lowest BCUT2D eigenvalue weighted by atomic mass is 10.2. The maximum atomic E-state index is 11.7. The minimum Gasteiger partial charge on any atom is -1.00 e. The molecule has 1 amide bonds. The van der Waals surface area contributed by atoms with Gasteiger partial charge in [0.25, 0.3) is 5.91 Å². The summed E-state index contributed by atoms with van der Waals surface area (Å²) < 4.78 is 16.3. The number of amides is 1. The highest BCUT2D eigenvalue weighted by molar-refractivity contribution is 5.84. The fourth-order valence-corrected chi connectivity index (χ4v) is 1.82. The van der Waals surface area contributed by atoms with Crippen LogP contribution in [0.5, 0.6) is 17.2 Å². The smallest absolute Gasteiger partial charge is 0.295 e. The summed E-state index contributed by atoms with van der Waals surface area (Å²) in [6.45, 7) is 0.340. The number of nitrogens with one attached hydrogen (secondary N) is 1. The van der Waals surface area contributed by atoms with Crippen LogP contribution in [0.4, 0.5) is 0 Å². The standard InChI is InChI=1S/C15H23N3O4.ClH/c1-18(2,3)10-14(19)17-16-9-11-7-12(20-4)15(22-6)13(8-11)21-5;/h7-9H,10H2,1-6H3;1H/b16-9+;. The molecule has 130 valence electrons. The molecule has 0 aliphatic carbocycles. The molecule has 7 nitrogen and oxygen atoms in total. The van der Waals surface area contributed by atoms with Gasteiger partial charge in [-0.2, -0.15) is 5.10 Å². The SMILES string of the molecule is COc1cc(/C=N/NC(=O)C[N+](C)(C)C)cc(OC)c1OC.[Cl-]. The maximum absolute atomic E-state index is 11.7. The van der Waals surface area contributed by atoms with Crippen molar-refractivity contribution in [3.8, 4) is 17.2 Å². The van der Waals surface area contributed by atoms with Gasteiger partial charge in [-0.25, -0.2) is 5.43 Å². The number of rotatable bonds is 7. The molecule has 0 fully saturated rings. The summed E-state index contributed by atoms with van der Waals surface area (Å²) >= 11 is 0. The molecule has 0 aliphatic heterocycles. The number of halogens is 1. The van der Waals surface area contributed by atoms with Crippen molar-refractivity contribution in [2.24, 2.45) is 5.10 Å². The number of hydrogen-bond acceptors (Lipinski definition) is 5. The quantitative estimate of drug-likeness (QED) is 0.348. The third-order valence-corrected chi connectivity index (χ3v) is 2.71. The first-order chi connectivity index (χ1) is 10.3. The minimum atomic E-state index is -0.156. The van der Waals surface area contributed by atoms with Crippen molar-refractivity contribution in [2.45, 2.75) is 0 Å². The van der Waals surface area contributed by atoms with E-state index < -0.39 is 0 Å². The molecule has 0 aliphatic rings. The first-order valence-electron chi connectivity index (χ1n) is 6.73. The van der Waals surface area contributed by atoms with Gasteiger partial charge in [-0.05, 0) is 12.1 Å². The van der Waals surface area contributed by atoms with E-state index in [1.54, 1.807) is 33.5 Å². The molecule has 0 aromatic heterocycles. The predicted molar refractivity (Wildman–Crippen MR) is 84.7 cm³/mol. The molecule has 0 bridgehead atoms. The van der Waals surface area contributed by atoms with Gasteiger partial charge in [-0.3, -0.25) is 4.79 Å². The van der Waals surface area contributed by atoms with Crippen LogP contribution >= 0.6 is 0 Å². The summed E-state index contributed by atoms with van der Waals surface area (Å²) in [5.41, 5.74) is 3.22. The zero-order chi connectivity index (χ0) is 16.8. The lowest BCUT2D eigenvalue weighted by molar-refractivity contribution is -0.862. The van der Waals surface area contributed by atoms with Gasteiger partial charge < -0.3 is 31.1 Å². The Bertz CT molecular complexity index is 531. The molecule has 8 heteroatoms. The second-order valence-corrected chi connectivity index (χ2v) is 5.70. The Morgan fingerprint density at radius 3 is 2.04 bits per heavy atom. The van der Waals surface area contributed by atoms with E-state index in [1.807, 2.05) is 21.1 Å². The number of quaternary nitrogens is 1. The lowest BCUT2D eigenvalue weighted by Crippen LogP contribution is -3.00. The fourth-order valence-electron chi connectivity index (χ4n) is 1.82. The van der Waals surface area contributed by atoms with Crippen LogP contribution in [0.1, 0.15) is 5.56 Å². The van der Waals surface area contributed by atoms with Crippen LogP contribution in [-0.4, -0.2) is 65.6 Å². The van der Waals surface area contributed by atoms with E-state index in [1.165, 1.54) is 6.21 Å². The van der Waals surface area contributed by atoms with E-state index in [0.29, 0.717) is 28.3 Å². The number of benzene rings is 1. The molecule has 0 atom stereocenters. The van der Waals surface area contributed by atoms with Gasteiger partial charge in [0.1, 0.15) is 0 Å². The maximum Gasteiger partial charge on any atom is 0.295 e. The molecule has 0 heterocycles. The lowest BCUT2D eigenvalue weighted by Gasteiger charge is -2.22. The summed E-state index contributed by atoms with van der Waals surface area (Å²) in [6.07, 6.45) is 1.53. The van der Waals surface area contributed by atoms with Crippen molar-refractivity contribution in [1.82, 2.24) is 5.43 Å². The number of methoxy groups -OCH3 is 3. The van der Waals surface area contributed by atoms with E-state index in [4.69, 9.17) is 14.2 Å². The summed E-state index contributed by atoms with van der Waals surface area (Å²) in [7, 11) is 10.4. The Hall–Kier alpha value is -1.99. The van der Waals surface area contributed by atoms with Gasteiger partial charge in [-0.1, -0.05) is 0 Å². The summed E-state index contributed by atoms with van der Waals surface area (Å²) in [4.78, 5) is 11.7. The first-order valence-corrected chi connectivity index (χ1v) is 6.73. The second-order valence-electron chi connectivity index (χ2n) is 5.70. The highest BCUT2D eigenvalue weighted by Crippen LogP contribution is 2.37. The predicted octanol–water partition coefficient (Wildman–Crippen LogP) is -2.13. The van der Waals surface area contributed by atoms with Gasteiger partial charge in [0.05, 0.1) is 48.7 Å². The van der Waals surface area contributed by atoms with Gasteiger partial charge in [0.15, 0.2) is 18.0 Å². The third-order valence-electron chi connectivity index (χ3n) is 2.71. The molecule has 23 heavy (non-hydrogen) atoms. The normalized spacial score (nSPS) is 10.9. The fraction of sp³-hybridized carbons (Fsp3) is 0.467. The Kier molecular flexibility index (Phi) is 8.42. The van der Waals surface area contributed by atoms with Crippen molar-refractivity contribution in [3.63, 3.8) is 0 Å². The number of carbonyl (C=O) groups excluding carboxylic acids is 1. The summed E-state index contributed by atoms with van der Waals surface area (Å²) in [5.74, 6) is 1.41. The largest absolute Gasteiger partial charge is 1.00 e. The van der Waals surface area contributed by atoms with E-state index >= 15 is 0 Å². The van der Waals surface area contributed by atoms with Crippen LogP contribution < -0.4 is 32.0 Å². The van der Waals surface area contributed by atoms with Crippen LogP contribution in [0.15, 0.2) is 17.2 Å². The number of hydrazone groups is 1. The average molecular weight is 346 g/mol. The molecule has 0 radical (unpaired) electrons. The van der Waals surface area contributed by atoms with E-state index in [2.05, 4.69) is 10.5 Å². The molecule has 0 unspecified atom stereocenters. The monoisotopic (exact) mass is 345 g/mol. The molecule has 0 saturated carbocycles. The highest BCUT2D eigenvalue weighted by atomic mass is 35.5. The van der Waals surface area contributed by atoms with Gasteiger partial charge in [-0.15, -0.1) is 0 Å². The topological polar surface area (TPSA) is 69.2 Å². The van der Waals surface area contributed by atoms with E-state index in [-0.39, 0.29) is 18.3 Å². The molecule has 0 saturated heterocycles. The molecule has 1 N–H and O–H groups in total. The van der Waals surface area contributed by atoms with Crippen molar-refractivity contribution < 1.29 is 35.9 Å². The van der Waals surface area contributed by atoms with Crippen molar-refractivity contribution in [2.75, 3.05) is 49.0 Å². The number of ether oxygens (including phenoxy) is 3. The van der Waals surface area contributed by atoms with E-state index in [9.17, 15) is 4.79 Å². The van der Waals surface area contributed by atoms with E-state index in [0.717, 1.165) is 5.56 Å². The molecule has 0 spiro atoms. The Morgan fingerprint density at radius 1 is 1.13 bits per heavy atom. The zero-order valence-electron chi connectivity index (χ0n) is 14.3. The third kappa shape index (κ3) is 6.75. The average Bonchev–Trinajstić information content (AvgIpc) is 2.44. The highest BCUT2D eigenvalue weighted by Gasteiger charge is 2.14. The molecule has 1 aromatic rings. The van der Waals surface area contributed by atoms with Gasteiger partial charge >= 0.3 is 0 Å². The molecule has 1 rings (SSSR count). The van der Waals surface area contributed by atoms with Gasteiger partial charge in [0.2, 0.25) is 5.75 Å². The van der Waals surface area contributed by atoms with Crippen LogP contribution in [0.25, 0.3) is 0 Å². The Morgan fingerprint density at radius 2 is 1.65 bits per heavy atom. The minimum absolute atomic E-state index is 0. The first kappa shape index (κ1) is 21.0. The Balaban J connectivity index is 0.00000484. The molecule has 1 aromatic carbocycles. The van der Waals surface area contributed by atoms with Crippen LogP contribution in [-0.2, 0) is 4.79 Å². The number of likely N-dealkylation sites (N-methyl/N-ethyl adjacent to an activating group) is 1. The molecular weight excluding hydrogens is 322 g/mol. The number of hydrogen-bond donors (Lipinski definition) is 1.